The molecular weight excluding hydrogens is 662 g/mol. The van der Waals surface area contributed by atoms with Crippen molar-refractivity contribution in [2.45, 2.75) is 78.7 Å². The molecule has 0 aliphatic heterocycles. The minimum atomic E-state index is -1.08. The number of hydrogen-bond acceptors (Lipinski definition) is 12. The van der Waals surface area contributed by atoms with Gasteiger partial charge in [-0.25, -0.2) is 24.0 Å². The quantitative estimate of drug-likeness (QED) is 0.120. The molecule has 4 atom stereocenters. The lowest BCUT2D eigenvalue weighted by Crippen LogP contribution is -2.48. The molecule has 15 heteroatoms. The summed E-state index contributed by atoms with van der Waals surface area (Å²) in [5, 5.41) is 5.15. The van der Waals surface area contributed by atoms with Gasteiger partial charge in [-0.2, -0.15) is 4.98 Å². The van der Waals surface area contributed by atoms with E-state index >= 15 is 0 Å². The van der Waals surface area contributed by atoms with Crippen LogP contribution >= 0.6 is 0 Å². The SMILES string of the molecule is CC[C@H](C)[C@H](NC(=O)OCc1ccccc1)C(=O)OCC(COC(=O)[C@@H](NC(=O)OCc1ccccc1)[C@@H](C)CC)OCn1ccc(N)nc1=O. The van der Waals surface area contributed by atoms with E-state index in [4.69, 9.17) is 29.4 Å². The van der Waals surface area contributed by atoms with Crippen molar-refractivity contribution in [1.29, 1.82) is 0 Å². The number of ether oxygens (including phenoxy) is 5. The summed E-state index contributed by atoms with van der Waals surface area (Å²) in [7, 11) is 0. The number of rotatable bonds is 19. The Morgan fingerprint density at radius 2 is 1.18 bits per heavy atom. The summed E-state index contributed by atoms with van der Waals surface area (Å²) in [5.41, 5.74) is 6.44. The van der Waals surface area contributed by atoms with E-state index in [1.165, 1.54) is 12.3 Å². The Morgan fingerprint density at radius 1 is 0.725 bits per heavy atom. The maximum atomic E-state index is 13.3. The van der Waals surface area contributed by atoms with Crippen LogP contribution < -0.4 is 22.1 Å². The van der Waals surface area contributed by atoms with Crippen LogP contribution in [-0.2, 0) is 53.2 Å². The van der Waals surface area contributed by atoms with Crippen molar-refractivity contribution in [3.63, 3.8) is 0 Å². The smallest absolute Gasteiger partial charge is 0.408 e. The van der Waals surface area contributed by atoms with Crippen LogP contribution in [0.5, 0.6) is 0 Å². The molecule has 2 aromatic carbocycles. The highest BCUT2D eigenvalue weighted by molar-refractivity contribution is 5.82. The predicted octanol–water partition coefficient (Wildman–Crippen LogP) is 3.94. The standard InChI is InChI=1S/C36H47N5O10/c1-5-24(3)30(39-35(45)49-19-26-13-9-7-10-14-26)32(42)47-21-28(51-23-41-18-17-29(37)38-34(41)44)22-48-33(43)31(25(4)6-2)40-36(46)50-20-27-15-11-8-12-16-27/h7-18,24-25,28,30-31H,5-6,19-23H2,1-4H3,(H,39,45)(H,40,46)(H2,37,38,44)/t24-,25-,30-,31-/m0/s1. The summed E-state index contributed by atoms with van der Waals surface area (Å²) in [6, 6.07) is 17.4. The van der Waals surface area contributed by atoms with Gasteiger partial charge in [-0.1, -0.05) is 101 Å². The van der Waals surface area contributed by atoms with E-state index in [2.05, 4.69) is 15.6 Å². The number of anilines is 1. The normalized spacial score (nSPS) is 13.3. The first kappa shape index (κ1) is 40.0. The van der Waals surface area contributed by atoms with Crippen LogP contribution in [0.4, 0.5) is 15.4 Å². The maximum Gasteiger partial charge on any atom is 0.408 e. The first-order valence-electron chi connectivity index (χ1n) is 16.7. The zero-order valence-electron chi connectivity index (χ0n) is 29.3. The number of esters is 2. The average molecular weight is 710 g/mol. The van der Waals surface area contributed by atoms with Crippen LogP contribution in [0.3, 0.4) is 0 Å². The van der Waals surface area contributed by atoms with Crippen LogP contribution in [0.1, 0.15) is 51.7 Å². The number of nitrogens with one attached hydrogen (secondary N) is 2. The molecule has 0 bridgehead atoms. The van der Waals surface area contributed by atoms with Crippen molar-refractivity contribution >= 4 is 29.9 Å². The molecule has 0 aliphatic rings. The molecule has 0 saturated heterocycles. The molecule has 0 fully saturated rings. The number of alkyl carbamates (subject to hydrolysis) is 2. The van der Waals surface area contributed by atoms with Crippen LogP contribution in [-0.4, -0.2) is 65.1 Å². The Morgan fingerprint density at radius 3 is 1.59 bits per heavy atom. The Hall–Kier alpha value is -5.44. The van der Waals surface area contributed by atoms with Crippen molar-refractivity contribution in [3.8, 4) is 0 Å². The Kier molecular flexibility index (Phi) is 16.4. The van der Waals surface area contributed by atoms with Gasteiger partial charge in [-0.15, -0.1) is 0 Å². The van der Waals surface area contributed by atoms with Gasteiger partial charge >= 0.3 is 29.8 Å². The second kappa shape index (κ2) is 20.9. The van der Waals surface area contributed by atoms with Crippen LogP contribution in [0, 0.1) is 11.8 Å². The minimum Gasteiger partial charge on any atom is -0.461 e. The fraction of sp³-hybridized carbons (Fsp3) is 0.444. The summed E-state index contributed by atoms with van der Waals surface area (Å²) >= 11 is 0. The third kappa shape index (κ3) is 13.8. The number of nitrogen functional groups attached to an aromatic ring is 1. The number of benzene rings is 2. The number of amides is 2. The largest absolute Gasteiger partial charge is 0.461 e. The fourth-order valence-electron chi connectivity index (χ4n) is 4.52. The van der Waals surface area contributed by atoms with Crippen LogP contribution in [0.25, 0.3) is 0 Å². The highest BCUT2D eigenvalue weighted by Gasteiger charge is 2.31. The van der Waals surface area contributed by atoms with Crippen LogP contribution in [0.2, 0.25) is 0 Å². The maximum absolute atomic E-state index is 13.3. The fourth-order valence-corrected chi connectivity index (χ4v) is 4.52. The molecule has 4 N–H and O–H groups in total. The van der Waals surface area contributed by atoms with Gasteiger partial charge in [0.2, 0.25) is 0 Å². The molecule has 276 valence electrons. The molecule has 1 heterocycles. The lowest BCUT2D eigenvalue weighted by molar-refractivity contribution is -0.161. The molecule has 0 spiro atoms. The number of carbonyl (C=O) groups is 4. The van der Waals surface area contributed by atoms with Gasteiger partial charge in [0.1, 0.15) is 57.2 Å². The average Bonchev–Trinajstić information content (AvgIpc) is 3.14. The van der Waals surface area contributed by atoms with Crippen LogP contribution in [0.15, 0.2) is 77.7 Å². The van der Waals surface area contributed by atoms with Crippen molar-refractivity contribution in [3.05, 3.63) is 94.5 Å². The second-order valence-corrected chi connectivity index (χ2v) is 11.9. The number of nitrogens with zero attached hydrogens (tertiary/aromatic N) is 2. The number of hydrogen-bond donors (Lipinski definition) is 3. The van der Waals surface area contributed by atoms with Gasteiger partial charge in [-0.05, 0) is 29.0 Å². The van der Waals surface area contributed by atoms with E-state index in [0.717, 1.165) is 15.7 Å². The van der Waals surface area contributed by atoms with Gasteiger partial charge in [-0.3, -0.25) is 4.57 Å². The van der Waals surface area contributed by atoms with E-state index in [0.29, 0.717) is 12.8 Å². The summed E-state index contributed by atoms with van der Waals surface area (Å²) < 4.78 is 28.6. The third-order valence-electron chi connectivity index (χ3n) is 8.07. The lowest BCUT2D eigenvalue weighted by atomic mass is 9.99. The molecule has 51 heavy (non-hydrogen) atoms. The van der Waals surface area contributed by atoms with E-state index < -0.39 is 61.2 Å². The predicted molar refractivity (Wildman–Crippen MR) is 186 cm³/mol. The lowest BCUT2D eigenvalue weighted by Gasteiger charge is -2.25. The first-order chi connectivity index (χ1) is 24.5. The second-order valence-electron chi connectivity index (χ2n) is 11.9. The molecule has 3 aromatic rings. The number of carbonyl (C=O) groups excluding carboxylic acids is 4. The van der Waals surface area contributed by atoms with Gasteiger partial charge in [0, 0.05) is 6.20 Å². The minimum absolute atomic E-state index is 0.00678. The molecule has 0 aliphatic carbocycles. The first-order valence-corrected chi connectivity index (χ1v) is 16.7. The van der Waals surface area contributed by atoms with E-state index in [-0.39, 0.29) is 37.6 Å². The third-order valence-corrected chi connectivity index (χ3v) is 8.07. The summed E-state index contributed by atoms with van der Waals surface area (Å²) in [6.07, 6.45) is -0.254. The van der Waals surface area contributed by atoms with Crippen molar-refractivity contribution < 1.29 is 42.9 Å². The zero-order valence-corrected chi connectivity index (χ0v) is 29.3. The molecular formula is C36H47N5O10. The molecule has 0 unspecified atom stereocenters. The van der Waals surface area contributed by atoms with Crippen molar-refractivity contribution in [2.75, 3.05) is 18.9 Å². The summed E-state index contributed by atoms with van der Waals surface area (Å²) in [5.74, 6) is -2.18. The molecule has 2 amide bonds. The Labute approximate surface area is 296 Å². The Bertz CT molecular complexity index is 1520. The highest BCUT2D eigenvalue weighted by atomic mass is 16.6. The molecule has 15 nitrogen and oxygen atoms in total. The zero-order chi connectivity index (χ0) is 37.2. The van der Waals surface area contributed by atoms with Gasteiger partial charge < -0.3 is 40.1 Å². The van der Waals surface area contributed by atoms with Crippen molar-refractivity contribution in [1.82, 2.24) is 20.2 Å². The summed E-state index contributed by atoms with van der Waals surface area (Å²) in [6.45, 7) is 6.08. The van der Waals surface area contributed by atoms with Gasteiger partial charge in [0.15, 0.2) is 0 Å². The monoisotopic (exact) mass is 709 g/mol. The highest BCUT2D eigenvalue weighted by Crippen LogP contribution is 2.14. The molecule has 3 rings (SSSR count). The van der Waals surface area contributed by atoms with E-state index in [1.807, 2.05) is 50.2 Å². The molecule has 1 aromatic heterocycles. The number of aromatic nitrogens is 2. The topological polar surface area (TPSA) is 199 Å². The molecule has 0 saturated carbocycles. The van der Waals surface area contributed by atoms with E-state index in [9.17, 15) is 24.0 Å². The van der Waals surface area contributed by atoms with Gasteiger partial charge in [0.05, 0.1) is 0 Å². The molecule has 0 radical (unpaired) electrons. The van der Waals surface area contributed by atoms with Crippen molar-refractivity contribution in [2.24, 2.45) is 11.8 Å². The Balaban J connectivity index is 1.66. The number of nitrogens with two attached hydrogens (primary N) is 1. The van der Waals surface area contributed by atoms with E-state index in [1.54, 1.807) is 38.1 Å². The van der Waals surface area contributed by atoms with Gasteiger partial charge in [0.25, 0.3) is 0 Å². The summed E-state index contributed by atoms with van der Waals surface area (Å²) in [4.78, 5) is 67.7.